The van der Waals surface area contributed by atoms with Crippen molar-refractivity contribution < 1.29 is 9.53 Å². The zero-order valence-corrected chi connectivity index (χ0v) is 16.1. The van der Waals surface area contributed by atoms with Crippen LogP contribution in [-0.4, -0.2) is 19.1 Å². The van der Waals surface area contributed by atoms with Crippen molar-refractivity contribution in [3.63, 3.8) is 0 Å². The molecule has 0 amide bonds. The number of hydrogen-bond acceptors (Lipinski definition) is 3. The van der Waals surface area contributed by atoms with Gasteiger partial charge in [0, 0.05) is 0 Å². The highest BCUT2D eigenvalue weighted by Gasteiger charge is 2.09. The lowest BCUT2D eigenvalue weighted by Crippen LogP contribution is -2.18. The minimum Gasteiger partial charge on any atom is -0.423 e. The molecule has 0 bridgehead atoms. The van der Waals surface area contributed by atoms with Gasteiger partial charge >= 0.3 is 5.97 Å². The van der Waals surface area contributed by atoms with E-state index in [1.54, 1.807) is 12.1 Å². The molecule has 0 saturated heterocycles. The molecule has 0 heterocycles. The van der Waals surface area contributed by atoms with Crippen molar-refractivity contribution >= 4 is 16.7 Å². The van der Waals surface area contributed by atoms with Gasteiger partial charge in [-0.25, -0.2) is 4.79 Å². The average molecular weight is 361 g/mol. The average Bonchev–Trinajstić information content (AvgIpc) is 2.68. The SMILES string of the molecule is CCCCNCCc1ccc2cc(OC(=O)c3ccc(C)cc3)ccc2c1. The summed E-state index contributed by atoms with van der Waals surface area (Å²) in [6.45, 7) is 6.28. The number of benzene rings is 3. The maximum absolute atomic E-state index is 12.3. The summed E-state index contributed by atoms with van der Waals surface area (Å²) in [6, 6.07) is 19.7. The van der Waals surface area contributed by atoms with Gasteiger partial charge in [0.1, 0.15) is 5.75 Å². The van der Waals surface area contributed by atoms with Crippen LogP contribution in [0.1, 0.15) is 41.3 Å². The third-order valence-electron chi connectivity index (χ3n) is 4.67. The zero-order chi connectivity index (χ0) is 19.1. The van der Waals surface area contributed by atoms with Crippen molar-refractivity contribution in [3.05, 3.63) is 77.4 Å². The first-order chi connectivity index (χ1) is 13.2. The number of carbonyl (C=O) groups is 1. The van der Waals surface area contributed by atoms with Gasteiger partial charge in [-0.1, -0.05) is 55.3 Å². The summed E-state index contributed by atoms with van der Waals surface area (Å²) >= 11 is 0. The number of nitrogens with one attached hydrogen (secondary N) is 1. The summed E-state index contributed by atoms with van der Waals surface area (Å²) in [7, 11) is 0. The van der Waals surface area contributed by atoms with E-state index in [2.05, 4.69) is 30.4 Å². The fraction of sp³-hybridized carbons (Fsp3) is 0.292. The summed E-state index contributed by atoms with van der Waals surface area (Å²) in [4.78, 5) is 12.3. The second kappa shape index (κ2) is 9.33. The summed E-state index contributed by atoms with van der Waals surface area (Å²) in [5.74, 6) is 0.242. The van der Waals surface area contributed by atoms with Crippen molar-refractivity contribution in [2.45, 2.75) is 33.1 Å². The van der Waals surface area contributed by atoms with Gasteiger partial charge in [0.15, 0.2) is 0 Å². The predicted octanol–water partition coefficient (Wildman–Crippen LogP) is 5.30. The number of carbonyl (C=O) groups excluding carboxylic acids is 1. The van der Waals surface area contributed by atoms with E-state index in [1.165, 1.54) is 18.4 Å². The Morgan fingerprint density at radius 3 is 2.44 bits per heavy atom. The second-order valence-corrected chi connectivity index (χ2v) is 6.95. The summed E-state index contributed by atoms with van der Waals surface area (Å²) < 4.78 is 5.53. The molecule has 3 heteroatoms. The number of hydrogen-bond donors (Lipinski definition) is 1. The Hall–Kier alpha value is -2.65. The summed E-state index contributed by atoms with van der Waals surface area (Å²) in [6.07, 6.45) is 3.46. The molecule has 0 spiro atoms. The molecule has 27 heavy (non-hydrogen) atoms. The van der Waals surface area contributed by atoms with Gasteiger partial charge < -0.3 is 10.1 Å². The molecule has 0 saturated carbocycles. The third kappa shape index (κ3) is 5.41. The fourth-order valence-electron chi connectivity index (χ4n) is 3.01. The van der Waals surface area contributed by atoms with E-state index >= 15 is 0 Å². The number of aryl methyl sites for hydroxylation is 1. The van der Waals surface area contributed by atoms with Crippen LogP contribution in [-0.2, 0) is 6.42 Å². The van der Waals surface area contributed by atoms with E-state index in [4.69, 9.17) is 4.74 Å². The molecule has 140 valence electrons. The first kappa shape index (κ1) is 19.1. The molecule has 3 aromatic rings. The minimum absolute atomic E-state index is 0.330. The van der Waals surface area contributed by atoms with Crippen LogP contribution in [0.5, 0.6) is 5.75 Å². The van der Waals surface area contributed by atoms with Crippen molar-refractivity contribution in [3.8, 4) is 5.75 Å². The van der Waals surface area contributed by atoms with Crippen LogP contribution in [0, 0.1) is 6.92 Å². The Bertz CT molecular complexity index is 900. The highest BCUT2D eigenvalue weighted by molar-refractivity contribution is 5.92. The van der Waals surface area contributed by atoms with Crippen LogP contribution in [0.3, 0.4) is 0 Å². The van der Waals surface area contributed by atoms with Crippen molar-refractivity contribution in [1.29, 1.82) is 0 Å². The second-order valence-electron chi connectivity index (χ2n) is 6.95. The fourth-order valence-corrected chi connectivity index (χ4v) is 3.01. The Kier molecular flexibility index (Phi) is 6.61. The van der Waals surface area contributed by atoms with Crippen LogP contribution in [0.4, 0.5) is 0 Å². The minimum atomic E-state index is -0.330. The van der Waals surface area contributed by atoms with Crippen LogP contribution >= 0.6 is 0 Å². The van der Waals surface area contributed by atoms with Crippen LogP contribution in [0.15, 0.2) is 60.7 Å². The quantitative estimate of drug-likeness (QED) is 0.336. The Balaban J connectivity index is 1.64. The lowest BCUT2D eigenvalue weighted by atomic mass is 10.0. The van der Waals surface area contributed by atoms with E-state index in [0.29, 0.717) is 11.3 Å². The van der Waals surface area contributed by atoms with E-state index in [9.17, 15) is 4.79 Å². The maximum Gasteiger partial charge on any atom is 0.343 e. The molecule has 1 N–H and O–H groups in total. The van der Waals surface area contributed by atoms with Crippen molar-refractivity contribution in [2.24, 2.45) is 0 Å². The molecular formula is C24H27NO2. The van der Waals surface area contributed by atoms with Crippen molar-refractivity contribution in [1.82, 2.24) is 5.32 Å². The molecule has 0 atom stereocenters. The van der Waals surface area contributed by atoms with E-state index < -0.39 is 0 Å². The van der Waals surface area contributed by atoms with Gasteiger partial charge in [0.05, 0.1) is 5.56 Å². The van der Waals surface area contributed by atoms with E-state index in [0.717, 1.165) is 35.8 Å². The number of esters is 1. The first-order valence-corrected chi connectivity index (χ1v) is 9.68. The number of rotatable bonds is 8. The molecule has 0 fully saturated rings. The highest BCUT2D eigenvalue weighted by Crippen LogP contribution is 2.23. The van der Waals surface area contributed by atoms with Crippen LogP contribution in [0.25, 0.3) is 10.8 Å². The van der Waals surface area contributed by atoms with Gasteiger partial charge in [-0.2, -0.15) is 0 Å². The van der Waals surface area contributed by atoms with E-state index in [1.807, 2.05) is 37.3 Å². The molecular weight excluding hydrogens is 334 g/mol. The van der Waals surface area contributed by atoms with E-state index in [-0.39, 0.29) is 5.97 Å². The molecule has 0 unspecified atom stereocenters. The number of unbranched alkanes of at least 4 members (excludes halogenated alkanes) is 1. The Labute approximate surface area is 161 Å². The lowest BCUT2D eigenvalue weighted by Gasteiger charge is -2.08. The lowest BCUT2D eigenvalue weighted by molar-refractivity contribution is 0.0735. The zero-order valence-electron chi connectivity index (χ0n) is 16.1. The molecule has 3 rings (SSSR count). The monoisotopic (exact) mass is 361 g/mol. The molecule has 0 radical (unpaired) electrons. The van der Waals surface area contributed by atoms with Gasteiger partial charge in [-0.15, -0.1) is 0 Å². The maximum atomic E-state index is 12.3. The normalized spacial score (nSPS) is 10.9. The van der Waals surface area contributed by atoms with Gasteiger partial charge in [-0.05, 0) is 73.5 Å². The van der Waals surface area contributed by atoms with Gasteiger partial charge in [0.2, 0.25) is 0 Å². The molecule has 3 aromatic carbocycles. The first-order valence-electron chi connectivity index (χ1n) is 9.68. The third-order valence-corrected chi connectivity index (χ3v) is 4.67. The topological polar surface area (TPSA) is 38.3 Å². The molecule has 0 aliphatic rings. The molecule has 0 aromatic heterocycles. The molecule has 0 aliphatic heterocycles. The number of ether oxygens (including phenoxy) is 1. The Morgan fingerprint density at radius 2 is 1.67 bits per heavy atom. The van der Waals surface area contributed by atoms with Crippen LogP contribution in [0.2, 0.25) is 0 Å². The van der Waals surface area contributed by atoms with Crippen LogP contribution < -0.4 is 10.1 Å². The van der Waals surface area contributed by atoms with Crippen molar-refractivity contribution in [2.75, 3.05) is 13.1 Å². The van der Waals surface area contributed by atoms with Gasteiger partial charge in [-0.3, -0.25) is 0 Å². The predicted molar refractivity (Wildman–Crippen MR) is 112 cm³/mol. The summed E-state index contributed by atoms with van der Waals surface area (Å²) in [5, 5.41) is 5.71. The largest absolute Gasteiger partial charge is 0.423 e. The van der Waals surface area contributed by atoms with Gasteiger partial charge in [0.25, 0.3) is 0 Å². The Morgan fingerprint density at radius 1 is 0.926 bits per heavy atom. The smallest absolute Gasteiger partial charge is 0.343 e. The highest BCUT2D eigenvalue weighted by atomic mass is 16.5. The standard InChI is InChI=1S/C24H27NO2/c1-3-4-14-25-15-13-19-7-10-22-17-23(12-11-21(22)16-19)27-24(26)20-8-5-18(2)6-9-20/h5-12,16-17,25H,3-4,13-15H2,1-2H3. The molecule has 0 aliphatic carbocycles. The molecule has 3 nitrogen and oxygen atoms in total. The number of fused-ring (bicyclic) bond motifs is 1. The summed E-state index contributed by atoms with van der Waals surface area (Å²) in [5.41, 5.74) is 3.00.